The van der Waals surface area contributed by atoms with Gasteiger partial charge in [-0.2, -0.15) is 0 Å². The van der Waals surface area contributed by atoms with E-state index in [2.05, 4.69) is 53.7 Å². The molecule has 2 heterocycles. The Labute approximate surface area is 328 Å². The standard InChI is InChI=1S/C50H52N2O4/c1-31(2)9-7-11-33(5)13-15-35-17-21-41(22-18-35)51-47(53)43-27-37-25-39-29-45-46(30-40(39)26-38(37)28-44(43)48(51)54)50(56)52(49(45)55)42-23-19-36(20-24-42)16-14-34(6)12-8-10-32(3)4/h9-10,17-30,33-34H,7-8,11-16H2,1-6H3. The molecule has 0 N–H and O–H groups in total. The van der Waals surface area contributed by atoms with Gasteiger partial charge in [0.05, 0.1) is 32.9 Å². The van der Waals surface area contributed by atoms with Gasteiger partial charge in [-0.25, -0.2) is 9.13 Å². The zero-order valence-electron chi connectivity index (χ0n) is 33.6. The van der Waals surface area contributed by atoms with Crippen LogP contribution in [0.15, 0.2) is 127 Å². The summed E-state index contributed by atoms with van der Waals surface area (Å²) in [6.45, 7) is 13.1. The van der Waals surface area contributed by atoms with Crippen molar-refractivity contribution in [1.82, 2.24) is 9.13 Å². The zero-order valence-corrected chi connectivity index (χ0v) is 33.6. The summed E-state index contributed by atoms with van der Waals surface area (Å²) in [5.41, 5.74) is 4.79. The Kier molecular flexibility index (Phi) is 11.2. The second kappa shape index (κ2) is 16.2. The van der Waals surface area contributed by atoms with Crippen LogP contribution in [-0.4, -0.2) is 9.13 Å². The minimum absolute atomic E-state index is 0.349. The van der Waals surface area contributed by atoms with E-state index in [1.807, 2.05) is 60.7 Å². The van der Waals surface area contributed by atoms with Crippen molar-refractivity contribution in [3.63, 3.8) is 0 Å². The Balaban J connectivity index is 1.14. The molecule has 0 radical (unpaired) electrons. The van der Waals surface area contributed by atoms with E-state index in [4.69, 9.17) is 0 Å². The van der Waals surface area contributed by atoms with Crippen molar-refractivity contribution >= 4 is 43.1 Å². The summed E-state index contributed by atoms with van der Waals surface area (Å²) in [7, 11) is 0. The molecule has 0 spiro atoms. The molecule has 0 bridgehead atoms. The summed E-state index contributed by atoms with van der Waals surface area (Å²) in [4.78, 5) is 54.9. The van der Waals surface area contributed by atoms with Gasteiger partial charge in [-0.1, -0.05) is 61.4 Å². The van der Waals surface area contributed by atoms with Crippen molar-refractivity contribution in [3.8, 4) is 11.4 Å². The molecule has 0 fully saturated rings. The number of benzene rings is 5. The van der Waals surface area contributed by atoms with E-state index in [1.54, 1.807) is 24.3 Å². The fourth-order valence-corrected chi connectivity index (χ4v) is 8.00. The number of aryl methyl sites for hydroxylation is 2. The molecule has 56 heavy (non-hydrogen) atoms. The Morgan fingerprint density at radius 2 is 0.768 bits per heavy atom. The highest BCUT2D eigenvalue weighted by Gasteiger charge is 2.19. The van der Waals surface area contributed by atoms with Crippen LogP contribution in [-0.2, 0) is 12.8 Å². The van der Waals surface area contributed by atoms with E-state index in [0.717, 1.165) is 72.9 Å². The molecule has 5 aromatic carbocycles. The maximum Gasteiger partial charge on any atom is 0.266 e. The molecule has 0 saturated carbocycles. The lowest BCUT2D eigenvalue weighted by molar-refractivity contribution is 0.497. The van der Waals surface area contributed by atoms with Crippen molar-refractivity contribution < 1.29 is 0 Å². The Hall–Kier alpha value is -5.62. The average Bonchev–Trinajstić information content (AvgIpc) is 3.56. The average molecular weight is 745 g/mol. The number of fused-ring (bicyclic) bond motifs is 4. The molecule has 0 aliphatic heterocycles. The smallest absolute Gasteiger partial charge is 0.266 e. The number of hydrogen-bond acceptors (Lipinski definition) is 4. The van der Waals surface area contributed by atoms with Crippen LogP contribution in [0.2, 0.25) is 0 Å². The third-order valence-electron chi connectivity index (χ3n) is 11.5. The molecule has 0 saturated heterocycles. The van der Waals surface area contributed by atoms with Gasteiger partial charge in [0, 0.05) is 0 Å². The molecule has 0 aliphatic carbocycles. The van der Waals surface area contributed by atoms with E-state index in [1.165, 1.54) is 31.4 Å². The Morgan fingerprint density at radius 1 is 0.464 bits per heavy atom. The predicted molar refractivity (Wildman–Crippen MR) is 235 cm³/mol. The summed E-state index contributed by atoms with van der Waals surface area (Å²) in [5, 5.41) is 4.56. The van der Waals surface area contributed by atoms with Gasteiger partial charge in [-0.15, -0.1) is 0 Å². The maximum atomic E-state index is 13.7. The number of allylic oxidation sites excluding steroid dienone is 4. The van der Waals surface area contributed by atoms with Gasteiger partial charge in [0.2, 0.25) is 0 Å². The quantitative estimate of drug-likeness (QED) is 0.0820. The summed E-state index contributed by atoms with van der Waals surface area (Å²) < 4.78 is 2.52. The largest absolute Gasteiger partial charge is 0.268 e. The highest BCUT2D eigenvalue weighted by molar-refractivity contribution is 6.08. The fraction of sp³-hybridized carbons (Fsp3) is 0.320. The Bertz CT molecular complexity index is 2520. The Morgan fingerprint density at radius 3 is 1.05 bits per heavy atom. The molecular weight excluding hydrogens is 693 g/mol. The van der Waals surface area contributed by atoms with Crippen LogP contribution < -0.4 is 22.2 Å². The predicted octanol–water partition coefficient (Wildman–Crippen LogP) is 10.8. The third-order valence-corrected chi connectivity index (χ3v) is 11.5. The second-order valence-corrected chi connectivity index (χ2v) is 16.6. The van der Waals surface area contributed by atoms with Crippen molar-refractivity contribution in [3.05, 3.63) is 161 Å². The molecule has 0 aliphatic rings. The lowest BCUT2D eigenvalue weighted by Crippen LogP contribution is -2.23. The monoisotopic (exact) mass is 744 g/mol. The van der Waals surface area contributed by atoms with E-state index in [0.29, 0.717) is 44.8 Å². The highest BCUT2D eigenvalue weighted by atomic mass is 16.2. The molecule has 7 aromatic rings. The molecular formula is C50H52N2O4. The van der Waals surface area contributed by atoms with E-state index in [9.17, 15) is 19.2 Å². The molecule has 2 unspecified atom stereocenters. The number of rotatable bonds is 14. The van der Waals surface area contributed by atoms with Gasteiger partial charge < -0.3 is 0 Å². The van der Waals surface area contributed by atoms with Crippen molar-refractivity contribution in [2.24, 2.45) is 11.8 Å². The van der Waals surface area contributed by atoms with Gasteiger partial charge >= 0.3 is 0 Å². The minimum atomic E-state index is -0.349. The lowest BCUT2D eigenvalue weighted by Gasteiger charge is -2.10. The SMILES string of the molecule is CC(C)=CCCC(C)CCc1ccc(-n2c(=O)c3cc4cc5cc6c(=O)n(-c7ccc(CCC(C)CCC=C(C)C)cc7)c(=O)c6cc5cc4cc3c2=O)cc1. The van der Waals surface area contributed by atoms with Crippen LogP contribution >= 0.6 is 0 Å². The molecule has 0 amide bonds. The fourth-order valence-electron chi connectivity index (χ4n) is 8.00. The van der Waals surface area contributed by atoms with Crippen LogP contribution in [0.5, 0.6) is 0 Å². The summed E-state index contributed by atoms with van der Waals surface area (Å²) in [6.07, 6.45) is 13.1. The minimum Gasteiger partial charge on any atom is -0.268 e. The van der Waals surface area contributed by atoms with Crippen LogP contribution in [0, 0.1) is 11.8 Å². The van der Waals surface area contributed by atoms with Gasteiger partial charge in [0.25, 0.3) is 22.2 Å². The van der Waals surface area contributed by atoms with Gasteiger partial charge in [-0.3, -0.25) is 19.2 Å². The van der Waals surface area contributed by atoms with Gasteiger partial charge in [0.1, 0.15) is 0 Å². The molecule has 6 heteroatoms. The number of aromatic nitrogens is 2. The zero-order chi connectivity index (χ0) is 39.7. The normalized spacial score (nSPS) is 12.8. The number of hydrogen-bond donors (Lipinski definition) is 0. The van der Waals surface area contributed by atoms with Crippen molar-refractivity contribution in [2.45, 2.75) is 92.9 Å². The third kappa shape index (κ3) is 8.02. The first-order valence-electron chi connectivity index (χ1n) is 20.2. The summed E-state index contributed by atoms with van der Waals surface area (Å²) >= 11 is 0. The van der Waals surface area contributed by atoms with E-state index >= 15 is 0 Å². The molecule has 2 aromatic heterocycles. The highest BCUT2D eigenvalue weighted by Crippen LogP contribution is 2.29. The van der Waals surface area contributed by atoms with Crippen molar-refractivity contribution in [1.29, 1.82) is 0 Å². The lowest BCUT2D eigenvalue weighted by atomic mass is 9.96. The summed E-state index contributed by atoms with van der Waals surface area (Å²) in [6, 6.07) is 26.4. The first-order chi connectivity index (χ1) is 26.9. The maximum absolute atomic E-state index is 13.7. The molecule has 2 atom stereocenters. The first kappa shape index (κ1) is 38.6. The number of nitrogens with zero attached hydrogens (tertiary/aromatic N) is 2. The molecule has 6 nitrogen and oxygen atoms in total. The van der Waals surface area contributed by atoms with Crippen LogP contribution in [0.3, 0.4) is 0 Å². The second-order valence-electron chi connectivity index (χ2n) is 16.6. The van der Waals surface area contributed by atoms with Crippen LogP contribution in [0.1, 0.15) is 91.2 Å². The van der Waals surface area contributed by atoms with Crippen LogP contribution in [0.25, 0.3) is 54.5 Å². The van der Waals surface area contributed by atoms with E-state index in [-0.39, 0.29) is 22.2 Å². The van der Waals surface area contributed by atoms with Gasteiger partial charge in [-0.05, 0) is 184 Å². The molecule has 286 valence electrons. The molecule has 7 rings (SSSR count). The topological polar surface area (TPSA) is 78.1 Å². The summed E-state index contributed by atoms with van der Waals surface area (Å²) in [5.74, 6) is 1.22. The first-order valence-corrected chi connectivity index (χ1v) is 20.2. The van der Waals surface area contributed by atoms with Crippen LogP contribution in [0.4, 0.5) is 0 Å². The van der Waals surface area contributed by atoms with Gasteiger partial charge in [0.15, 0.2) is 0 Å². The van der Waals surface area contributed by atoms with E-state index < -0.39 is 0 Å². The van der Waals surface area contributed by atoms with Crippen molar-refractivity contribution in [2.75, 3.05) is 0 Å².